The Balaban J connectivity index is 2.25. The summed E-state index contributed by atoms with van der Waals surface area (Å²) in [6.07, 6.45) is -0.253. The third-order valence-corrected chi connectivity index (χ3v) is 5.06. The molecular formula is C16H13F3N2O6S. The van der Waals surface area contributed by atoms with Crippen molar-refractivity contribution in [2.45, 2.75) is 16.8 Å². The second-order valence-electron chi connectivity index (χ2n) is 5.46. The standard InChI is InChI=1S/C16H13F3N2O6S/c1-27-14-7-6-12(28(25,26)16(17,18)19)9-13(14)20-15(22)8-10-2-4-11(5-3-10)21(23)24/h2-7,9H,8H2,1H3,(H,20,22). The molecule has 0 unspecified atom stereocenters. The molecule has 0 atom stereocenters. The minimum Gasteiger partial charge on any atom is -0.495 e. The first-order valence-corrected chi connectivity index (χ1v) is 8.96. The summed E-state index contributed by atoms with van der Waals surface area (Å²) in [5.41, 5.74) is -5.53. The van der Waals surface area contributed by atoms with Crippen LogP contribution in [0.2, 0.25) is 0 Å². The van der Waals surface area contributed by atoms with E-state index in [4.69, 9.17) is 4.74 Å². The molecular weight excluding hydrogens is 405 g/mol. The third-order valence-electron chi connectivity index (χ3n) is 3.57. The largest absolute Gasteiger partial charge is 0.501 e. The molecule has 0 saturated carbocycles. The van der Waals surface area contributed by atoms with Crippen LogP contribution in [0.5, 0.6) is 5.75 Å². The number of hydrogen-bond acceptors (Lipinski definition) is 6. The molecule has 0 aliphatic rings. The highest BCUT2D eigenvalue weighted by molar-refractivity contribution is 7.92. The van der Waals surface area contributed by atoms with Gasteiger partial charge in [0.25, 0.3) is 15.5 Å². The van der Waals surface area contributed by atoms with Crippen LogP contribution in [0, 0.1) is 10.1 Å². The molecule has 0 aliphatic carbocycles. The lowest BCUT2D eigenvalue weighted by molar-refractivity contribution is -0.384. The molecule has 2 aromatic rings. The van der Waals surface area contributed by atoms with Crippen LogP contribution in [0.25, 0.3) is 0 Å². The Kier molecular flexibility index (Phi) is 5.92. The summed E-state index contributed by atoms with van der Waals surface area (Å²) < 4.78 is 66.2. The Morgan fingerprint density at radius 1 is 1.18 bits per heavy atom. The molecule has 0 aromatic heterocycles. The van der Waals surface area contributed by atoms with Gasteiger partial charge in [0.05, 0.1) is 29.0 Å². The van der Waals surface area contributed by atoms with Crippen LogP contribution in [0.3, 0.4) is 0 Å². The number of non-ortho nitro benzene ring substituents is 1. The van der Waals surface area contributed by atoms with E-state index in [1.165, 1.54) is 31.4 Å². The number of amides is 1. The van der Waals surface area contributed by atoms with Crippen LogP contribution in [0.1, 0.15) is 5.56 Å². The van der Waals surface area contributed by atoms with Gasteiger partial charge in [0, 0.05) is 12.1 Å². The van der Waals surface area contributed by atoms with Gasteiger partial charge in [0.1, 0.15) is 5.75 Å². The Morgan fingerprint density at radius 3 is 2.29 bits per heavy atom. The Labute approximate surface area is 157 Å². The number of hydrogen-bond donors (Lipinski definition) is 1. The fourth-order valence-electron chi connectivity index (χ4n) is 2.20. The highest BCUT2D eigenvalue weighted by atomic mass is 32.2. The smallest absolute Gasteiger partial charge is 0.495 e. The summed E-state index contributed by atoms with van der Waals surface area (Å²) in [6.45, 7) is 0. The predicted octanol–water partition coefficient (Wildman–Crippen LogP) is 3.08. The lowest BCUT2D eigenvalue weighted by Gasteiger charge is -2.13. The van der Waals surface area contributed by atoms with Gasteiger partial charge >= 0.3 is 5.51 Å². The van der Waals surface area contributed by atoms with E-state index >= 15 is 0 Å². The molecule has 2 rings (SSSR count). The summed E-state index contributed by atoms with van der Waals surface area (Å²) in [5.74, 6) is -0.730. The Morgan fingerprint density at radius 2 is 1.79 bits per heavy atom. The summed E-state index contributed by atoms with van der Waals surface area (Å²) in [6, 6.07) is 7.43. The molecule has 150 valence electrons. The highest BCUT2D eigenvalue weighted by Gasteiger charge is 2.47. The summed E-state index contributed by atoms with van der Waals surface area (Å²) in [4.78, 5) is 21.1. The molecule has 8 nitrogen and oxygen atoms in total. The number of methoxy groups -OCH3 is 1. The first-order valence-electron chi connectivity index (χ1n) is 7.48. The first kappa shape index (κ1) is 21.2. The van der Waals surface area contributed by atoms with Gasteiger partial charge in [-0.15, -0.1) is 0 Å². The number of nitrogens with one attached hydrogen (secondary N) is 1. The zero-order valence-electron chi connectivity index (χ0n) is 14.2. The maximum atomic E-state index is 12.7. The van der Waals surface area contributed by atoms with E-state index in [2.05, 4.69) is 5.32 Å². The van der Waals surface area contributed by atoms with Gasteiger partial charge in [-0.2, -0.15) is 13.2 Å². The quantitative estimate of drug-likeness (QED) is 0.569. The second kappa shape index (κ2) is 7.84. The monoisotopic (exact) mass is 418 g/mol. The fourth-order valence-corrected chi connectivity index (χ4v) is 2.99. The minimum absolute atomic E-state index is 0.0434. The third kappa shape index (κ3) is 4.57. The second-order valence-corrected chi connectivity index (χ2v) is 7.40. The van der Waals surface area contributed by atoms with Gasteiger partial charge < -0.3 is 10.1 Å². The normalized spacial score (nSPS) is 11.7. The lowest BCUT2D eigenvalue weighted by atomic mass is 10.1. The number of halogens is 3. The fraction of sp³-hybridized carbons (Fsp3) is 0.188. The molecule has 2 aromatic carbocycles. The van der Waals surface area contributed by atoms with Gasteiger partial charge in [-0.25, -0.2) is 8.42 Å². The number of nitrogens with zero attached hydrogens (tertiary/aromatic N) is 1. The topological polar surface area (TPSA) is 116 Å². The van der Waals surface area contributed by atoms with E-state index in [0.717, 1.165) is 6.07 Å². The van der Waals surface area contributed by atoms with Crippen molar-refractivity contribution in [3.8, 4) is 5.75 Å². The van der Waals surface area contributed by atoms with E-state index < -0.39 is 31.1 Å². The number of sulfone groups is 1. The predicted molar refractivity (Wildman–Crippen MR) is 91.7 cm³/mol. The lowest BCUT2D eigenvalue weighted by Crippen LogP contribution is -2.23. The van der Waals surface area contributed by atoms with E-state index in [0.29, 0.717) is 17.7 Å². The van der Waals surface area contributed by atoms with Crippen molar-refractivity contribution in [2.75, 3.05) is 12.4 Å². The number of carbonyl (C=O) groups is 1. The van der Waals surface area contributed by atoms with Crippen LogP contribution in [-0.2, 0) is 21.1 Å². The minimum atomic E-state index is -5.60. The van der Waals surface area contributed by atoms with E-state index in [-0.39, 0.29) is 23.5 Å². The molecule has 28 heavy (non-hydrogen) atoms. The number of rotatable bonds is 6. The van der Waals surface area contributed by atoms with Crippen molar-refractivity contribution in [2.24, 2.45) is 0 Å². The number of benzene rings is 2. The van der Waals surface area contributed by atoms with Crippen LogP contribution < -0.4 is 10.1 Å². The molecule has 1 amide bonds. The van der Waals surface area contributed by atoms with Crippen molar-refractivity contribution in [1.82, 2.24) is 0 Å². The number of nitro groups is 1. The summed E-state index contributed by atoms with van der Waals surface area (Å²) in [7, 11) is -4.41. The van der Waals surface area contributed by atoms with Gasteiger partial charge in [-0.05, 0) is 23.8 Å². The van der Waals surface area contributed by atoms with Gasteiger partial charge in [0.2, 0.25) is 5.91 Å². The zero-order chi connectivity index (χ0) is 21.1. The van der Waals surface area contributed by atoms with E-state index in [1.807, 2.05) is 0 Å². The Hall–Kier alpha value is -3.15. The number of nitro benzene ring substituents is 1. The van der Waals surface area contributed by atoms with Crippen molar-refractivity contribution in [3.63, 3.8) is 0 Å². The van der Waals surface area contributed by atoms with Crippen LogP contribution >= 0.6 is 0 Å². The Bertz CT molecular complexity index is 1000. The summed E-state index contributed by atoms with van der Waals surface area (Å²) in [5, 5.41) is 12.9. The maximum absolute atomic E-state index is 12.7. The van der Waals surface area contributed by atoms with Gasteiger partial charge in [-0.1, -0.05) is 12.1 Å². The van der Waals surface area contributed by atoms with Gasteiger partial charge in [-0.3, -0.25) is 14.9 Å². The number of anilines is 1. The van der Waals surface area contributed by atoms with Crippen LogP contribution in [0.4, 0.5) is 24.5 Å². The number of ether oxygens (including phenoxy) is 1. The molecule has 0 fully saturated rings. The molecule has 0 heterocycles. The molecule has 0 spiro atoms. The average Bonchev–Trinajstić information content (AvgIpc) is 2.61. The average molecular weight is 418 g/mol. The number of carbonyl (C=O) groups excluding carboxylic acids is 1. The molecule has 0 radical (unpaired) electrons. The molecule has 0 aliphatic heterocycles. The van der Waals surface area contributed by atoms with Gasteiger partial charge in [0.15, 0.2) is 0 Å². The first-order chi connectivity index (χ1) is 13.0. The zero-order valence-corrected chi connectivity index (χ0v) is 15.0. The van der Waals surface area contributed by atoms with E-state index in [1.54, 1.807) is 0 Å². The molecule has 0 saturated heterocycles. The summed E-state index contributed by atoms with van der Waals surface area (Å²) >= 11 is 0. The maximum Gasteiger partial charge on any atom is 0.501 e. The van der Waals surface area contributed by atoms with Crippen LogP contribution in [-0.4, -0.2) is 31.9 Å². The van der Waals surface area contributed by atoms with Crippen LogP contribution in [0.15, 0.2) is 47.4 Å². The number of alkyl halides is 3. The molecule has 1 N–H and O–H groups in total. The van der Waals surface area contributed by atoms with Crippen molar-refractivity contribution < 1.29 is 36.0 Å². The molecule has 0 bridgehead atoms. The highest BCUT2D eigenvalue weighted by Crippen LogP contribution is 2.34. The van der Waals surface area contributed by atoms with Crippen molar-refractivity contribution in [1.29, 1.82) is 0 Å². The van der Waals surface area contributed by atoms with Crippen molar-refractivity contribution in [3.05, 3.63) is 58.1 Å². The molecule has 12 heteroatoms. The van der Waals surface area contributed by atoms with E-state index in [9.17, 15) is 36.5 Å². The van der Waals surface area contributed by atoms with Crippen molar-refractivity contribution >= 4 is 27.1 Å². The SMILES string of the molecule is COc1ccc(S(=O)(=O)C(F)(F)F)cc1NC(=O)Cc1ccc([N+](=O)[O-])cc1.